The molecule has 0 saturated carbocycles. The van der Waals surface area contributed by atoms with Crippen LogP contribution >= 0.6 is 0 Å². The molecule has 0 atom stereocenters. The second kappa shape index (κ2) is 6.00. The number of rotatable bonds is 2. The topological polar surface area (TPSA) is 39.4 Å². The highest BCUT2D eigenvalue weighted by molar-refractivity contribution is 5.84. The highest BCUT2D eigenvalue weighted by Gasteiger charge is 2.77. The van der Waals surface area contributed by atoms with Crippen LogP contribution in [0.1, 0.15) is 25.1 Å². The highest BCUT2D eigenvalue weighted by Crippen LogP contribution is 2.58. The lowest BCUT2D eigenvalue weighted by Gasteiger charge is -2.40. The van der Waals surface area contributed by atoms with Crippen LogP contribution in [0.5, 0.6) is 0 Å². The molecule has 27 heavy (non-hydrogen) atoms. The van der Waals surface area contributed by atoms with E-state index in [9.17, 15) is 26.3 Å². The Labute approximate surface area is 150 Å². The molecule has 0 radical (unpaired) electrons. The van der Waals surface area contributed by atoms with Gasteiger partial charge in [0, 0.05) is 5.92 Å². The van der Waals surface area contributed by atoms with Crippen molar-refractivity contribution in [2.45, 2.75) is 38.7 Å². The minimum atomic E-state index is -5.77. The number of hydrogen-bond donors (Lipinski definition) is 0. The Balaban J connectivity index is 2.42. The highest BCUT2D eigenvalue weighted by atomic mass is 19.4. The van der Waals surface area contributed by atoms with Crippen LogP contribution in [-0.2, 0) is 10.3 Å². The molecule has 4 nitrogen and oxygen atoms in total. The molecule has 1 aliphatic heterocycles. The average molecular weight is 391 g/mol. The first kappa shape index (κ1) is 19.2. The number of aromatic nitrogens is 2. The Morgan fingerprint density at radius 2 is 1.56 bits per heavy atom. The van der Waals surface area contributed by atoms with E-state index in [1.807, 2.05) is 0 Å². The second-order valence-corrected chi connectivity index (χ2v) is 6.41. The van der Waals surface area contributed by atoms with Crippen LogP contribution in [0, 0.1) is 12.8 Å². The summed E-state index contributed by atoms with van der Waals surface area (Å²) in [6.07, 6.45) is -11.5. The molecule has 0 saturated heterocycles. The van der Waals surface area contributed by atoms with Gasteiger partial charge in [-0.1, -0.05) is 32.0 Å². The molecule has 0 spiro atoms. The summed E-state index contributed by atoms with van der Waals surface area (Å²) in [5.74, 6) is -2.00. The maximum Gasteiger partial charge on any atom is 0.442 e. The molecule has 0 fully saturated rings. The molecule has 146 valence electrons. The van der Waals surface area contributed by atoms with Gasteiger partial charge in [0.15, 0.2) is 11.7 Å². The largest absolute Gasteiger partial charge is 0.450 e. The number of fused-ring (bicyclic) bond motifs is 1. The van der Waals surface area contributed by atoms with Gasteiger partial charge in [-0.05, 0) is 19.1 Å². The summed E-state index contributed by atoms with van der Waals surface area (Å²) in [6.45, 7) is 3.87. The molecule has 1 aliphatic rings. The zero-order chi connectivity index (χ0) is 20.2. The molecule has 1 aromatic heterocycles. The Kier molecular flexibility index (Phi) is 4.28. The summed E-state index contributed by atoms with van der Waals surface area (Å²) in [5, 5.41) is 3.91. The van der Waals surface area contributed by atoms with Crippen molar-refractivity contribution in [3.8, 4) is 5.69 Å². The Hall–Kier alpha value is -2.52. The lowest BCUT2D eigenvalue weighted by molar-refractivity contribution is -0.371. The van der Waals surface area contributed by atoms with E-state index in [0.29, 0.717) is 0 Å². The van der Waals surface area contributed by atoms with Gasteiger partial charge < -0.3 is 4.74 Å². The van der Waals surface area contributed by atoms with E-state index in [2.05, 4.69) is 14.8 Å². The van der Waals surface area contributed by atoms with Crippen molar-refractivity contribution in [2.75, 3.05) is 0 Å². The third-order valence-corrected chi connectivity index (χ3v) is 4.15. The molecule has 0 bridgehead atoms. The van der Waals surface area contributed by atoms with Gasteiger partial charge in [-0.15, -0.1) is 0 Å². The lowest BCUT2D eigenvalue weighted by atomic mass is 9.90. The summed E-state index contributed by atoms with van der Waals surface area (Å²) in [7, 11) is 0. The summed E-state index contributed by atoms with van der Waals surface area (Å²) < 4.78 is 88.7. The summed E-state index contributed by atoms with van der Waals surface area (Å²) >= 11 is 0. The van der Waals surface area contributed by atoms with Crippen molar-refractivity contribution in [3.63, 3.8) is 0 Å². The first-order valence-corrected chi connectivity index (χ1v) is 7.96. The third-order valence-electron chi connectivity index (χ3n) is 4.15. The third kappa shape index (κ3) is 2.78. The Morgan fingerprint density at radius 3 is 2.04 bits per heavy atom. The van der Waals surface area contributed by atoms with Crippen LogP contribution in [0.3, 0.4) is 0 Å². The molecule has 2 heterocycles. The molecule has 0 unspecified atom stereocenters. The van der Waals surface area contributed by atoms with E-state index in [0.717, 1.165) is 11.6 Å². The number of hydrogen-bond acceptors (Lipinski definition) is 3. The monoisotopic (exact) mass is 391 g/mol. The second-order valence-electron chi connectivity index (χ2n) is 6.41. The zero-order valence-corrected chi connectivity index (χ0v) is 14.5. The van der Waals surface area contributed by atoms with Crippen LogP contribution in [0.4, 0.5) is 32.2 Å². The van der Waals surface area contributed by atoms with E-state index in [1.165, 1.54) is 26.0 Å². The molecule has 2 aromatic rings. The van der Waals surface area contributed by atoms with Crippen molar-refractivity contribution in [2.24, 2.45) is 10.9 Å². The number of aliphatic imine (C=N–C) groups is 1. The first-order valence-electron chi connectivity index (χ1n) is 7.96. The van der Waals surface area contributed by atoms with Gasteiger partial charge in [-0.25, -0.2) is 4.68 Å². The van der Waals surface area contributed by atoms with Crippen molar-refractivity contribution in [3.05, 3.63) is 41.6 Å². The fourth-order valence-corrected chi connectivity index (χ4v) is 2.92. The van der Waals surface area contributed by atoms with Crippen LogP contribution in [0.2, 0.25) is 0 Å². The van der Waals surface area contributed by atoms with Gasteiger partial charge in [0.25, 0.3) is 0 Å². The number of aryl methyl sites for hydroxylation is 1. The van der Waals surface area contributed by atoms with Gasteiger partial charge in [0.2, 0.25) is 0 Å². The SMILES string of the molecule is Cc1nn(-c2ccccc2)c2c1C(C(F)(F)F)(C(F)(F)F)OC(C(C)C)=N2. The predicted octanol–water partition coefficient (Wildman–Crippen LogP) is 5.22. The normalized spacial score (nSPS) is 16.7. The maximum absolute atomic E-state index is 13.9. The molecule has 3 rings (SSSR count). The predicted molar refractivity (Wildman–Crippen MR) is 85.1 cm³/mol. The first-order chi connectivity index (χ1) is 12.4. The molecule has 0 N–H and O–H groups in total. The summed E-state index contributed by atoms with van der Waals surface area (Å²) in [6, 6.07) is 7.86. The van der Waals surface area contributed by atoms with E-state index < -0.39 is 46.8 Å². The van der Waals surface area contributed by atoms with Crippen molar-refractivity contribution in [1.29, 1.82) is 0 Å². The van der Waals surface area contributed by atoms with E-state index in [4.69, 9.17) is 0 Å². The number of nitrogens with zero attached hydrogens (tertiary/aromatic N) is 3. The fourth-order valence-electron chi connectivity index (χ4n) is 2.92. The number of halogens is 6. The average Bonchev–Trinajstić information content (AvgIpc) is 2.90. The van der Waals surface area contributed by atoms with Crippen LogP contribution in [0.15, 0.2) is 35.3 Å². The lowest BCUT2D eigenvalue weighted by Crippen LogP contribution is -2.58. The van der Waals surface area contributed by atoms with Gasteiger partial charge in [-0.3, -0.25) is 0 Å². The van der Waals surface area contributed by atoms with Crippen molar-refractivity contribution >= 4 is 11.7 Å². The van der Waals surface area contributed by atoms with Crippen LogP contribution in [-0.4, -0.2) is 28.0 Å². The van der Waals surface area contributed by atoms with E-state index in [-0.39, 0.29) is 5.69 Å². The van der Waals surface area contributed by atoms with Gasteiger partial charge in [0.1, 0.15) is 0 Å². The standard InChI is InChI=1S/C17H15F6N3O/c1-9(2)14-24-13-12(15(27-14,16(18,19)20)17(21,22)23)10(3)25-26(13)11-7-5-4-6-8-11/h4-9H,1-3H3. The van der Waals surface area contributed by atoms with Crippen LogP contribution in [0.25, 0.3) is 5.69 Å². The molecular formula is C17H15F6N3O. The van der Waals surface area contributed by atoms with E-state index >= 15 is 0 Å². The number of para-hydroxylation sites is 1. The van der Waals surface area contributed by atoms with Gasteiger partial charge in [-0.2, -0.15) is 36.4 Å². The Bertz CT molecular complexity index is 867. The summed E-state index contributed by atoms with van der Waals surface area (Å²) in [5.41, 5.74) is -5.85. The maximum atomic E-state index is 13.9. The molecular weight excluding hydrogens is 376 g/mol. The molecule has 0 aliphatic carbocycles. The van der Waals surface area contributed by atoms with Crippen LogP contribution < -0.4 is 0 Å². The van der Waals surface area contributed by atoms with E-state index in [1.54, 1.807) is 18.2 Å². The van der Waals surface area contributed by atoms with Gasteiger partial charge in [0.05, 0.1) is 16.9 Å². The van der Waals surface area contributed by atoms with Crippen molar-refractivity contribution in [1.82, 2.24) is 9.78 Å². The number of benzene rings is 1. The molecule has 0 amide bonds. The number of alkyl halides is 6. The minimum Gasteiger partial charge on any atom is -0.450 e. The zero-order valence-electron chi connectivity index (χ0n) is 14.5. The summed E-state index contributed by atoms with van der Waals surface area (Å²) in [4.78, 5) is 3.96. The number of ether oxygens (including phenoxy) is 1. The molecule has 10 heteroatoms. The Morgan fingerprint density at radius 1 is 1.00 bits per heavy atom. The van der Waals surface area contributed by atoms with Crippen molar-refractivity contribution < 1.29 is 31.1 Å². The molecule has 1 aromatic carbocycles. The fraction of sp³-hybridized carbons (Fsp3) is 0.412. The smallest absolute Gasteiger partial charge is 0.442 e. The van der Waals surface area contributed by atoms with Gasteiger partial charge >= 0.3 is 18.0 Å². The minimum absolute atomic E-state index is 0.286. The quantitative estimate of drug-likeness (QED) is 0.659.